The molecule has 0 spiro atoms. The van der Waals surface area contributed by atoms with Gasteiger partial charge in [0.05, 0.1) is 0 Å². The first-order valence-electron chi connectivity index (χ1n) is 18.2. The molecule has 2 atom stereocenters. The van der Waals surface area contributed by atoms with Crippen molar-refractivity contribution >= 4 is 11.9 Å². The first kappa shape index (κ1) is 45.3. The van der Waals surface area contributed by atoms with Gasteiger partial charge in [-0.2, -0.15) is 0 Å². The number of allylic oxidation sites excluding steroid dienone is 4. The summed E-state index contributed by atoms with van der Waals surface area (Å²) in [5.74, 6) is -2.65. The monoisotopic (exact) mass is 654 g/mol. The highest BCUT2D eigenvalue weighted by molar-refractivity contribution is 5.72. The maximum atomic E-state index is 10.7. The Hall–Kier alpha value is -2.78. The minimum Gasteiger partial charge on any atom is -0.476 e. The molecule has 46 heavy (non-hydrogen) atoms. The smallest absolute Gasteiger partial charge is 0.379 e. The third-order valence-electron chi connectivity index (χ3n) is 8.06. The molecule has 10 heteroatoms. The highest BCUT2D eigenvalue weighted by Gasteiger charge is 2.28. The third kappa shape index (κ3) is 32.6. The van der Waals surface area contributed by atoms with Crippen LogP contribution in [0.3, 0.4) is 0 Å². The van der Waals surface area contributed by atoms with Crippen LogP contribution in [-0.4, -0.2) is 44.1 Å². The van der Waals surface area contributed by atoms with Gasteiger partial charge in [-0.15, -0.1) is 0 Å². The summed E-state index contributed by atoms with van der Waals surface area (Å²) >= 11 is 0. The Balaban J connectivity index is 0. The number of nitro groups is 2. The van der Waals surface area contributed by atoms with Gasteiger partial charge in [0.15, 0.2) is 0 Å². The fourth-order valence-corrected chi connectivity index (χ4v) is 5.10. The van der Waals surface area contributed by atoms with E-state index in [-0.39, 0.29) is 12.8 Å². The van der Waals surface area contributed by atoms with Gasteiger partial charge in [-0.05, 0) is 64.2 Å². The van der Waals surface area contributed by atoms with E-state index >= 15 is 0 Å². The van der Waals surface area contributed by atoms with Crippen molar-refractivity contribution in [1.82, 2.24) is 0 Å². The minimum atomic E-state index is -1.43. The predicted octanol–water partition coefficient (Wildman–Crippen LogP) is 10.7. The molecule has 0 bridgehead atoms. The molecule has 0 rings (SSSR count). The largest absolute Gasteiger partial charge is 0.476 e. The number of hydrogen-bond acceptors (Lipinski definition) is 6. The van der Waals surface area contributed by atoms with Gasteiger partial charge in [0, 0.05) is 22.7 Å². The van der Waals surface area contributed by atoms with E-state index in [9.17, 15) is 29.8 Å². The molecule has 0 aromatic heterocycles. The van der Waals surface area contributed by atoms with Crippen LogP contribution in [0.2, 0.25) is 0 Å². The van der Waals surface area contributed by atoms with Gasteiger partial charge < -0.3 is 10.2 Å². The summed E-state index contributed by atoms with van der Waals surface area (Å²) in [7, 11) is 0. The third-order valence-corrected chi connectivity index (χ3v) is 8.06. The molecule has 0 aliphatic carbocycles. The van der Waals surface area contributed by atoms with Gasteiger partial charge >= 0.3 is 24.0 Å². The molecule has 0 aliphatic rings. The highest BCUT2D eigenvalue weighted by Crippen LogP contribution is 2.13. The fourth-order valence-electron chi connectivity index (χ4n) is 5.10. The van der Waals surface area contributed by atoms with Crippen molar-refractivity contribution < 1.29 is 29.6 Å². The van der Waals surface area contributed by atoms with Gasteiger partial charge in [0.25, 0.3) is 0 Å². The Morgan fingerprint density at radius 3 is 0.957 bits per heavy atom. The lowest BCUT2D eigenvalue weighted by Crippen LogP contribution is -2.28. The Morgan fingerprint density at radius 1 is 0.478 bits per heavy atom. The molecule has 0 radical (unpaired) electrons. The first-order chi connectivity index (χ1) is 22.2. The number of carboxylic acid groups (broad SMARTS) is 2. The number of nitrogens with zero attached hydrogens (tertiary/aromatic N) is 2. The van der Waals surface area contributed by atoms with Gasteiger partial charge in [-0.1, -0.05) is 128 Å². The fraction of sp³-hybridized carbons (Fsp3) is 0.833. The maximum absolute atomic E-state index is 10.7. The number of aliphatic carboxylic acids is 2. The molecule has 0 saturated carbocycles. The molecule has 268 valence electrons. The number of rotatable bonds is 32. The van der Waals surface area contributed by atoms with Crippen molar-refractivity contribution in [2.45, 2.75) is 193 Å². The molecule has 0 fully saturated rings. The zero-order chi connectivity index (χ0) is 34.7. The van der Waals surface area contributed by atoms with Gasteiger partial charge in [0.1, 0.15) is 0 Å². The molecular formula is C36H66N2O8. The Labute approximate surface area is 278 Å². The molecule has 0 heterocycles. The molecule has 0 aromatic carbocycles. The van der Waals surface area contributed by atoms with E-state index in [0.29, 0.717) is 12.8 Å². The lowest BCUT2D eigenvalue weighted by Gasteiger charge is -2.04. The van der Waals surface area contributed by atoms with E-state index < -0.39 is 33.9 Å². The molecule has 0 amide bonds. The normalized spacial score (nSPS) is 12.6. The average Bonchev–Trinajstić information content (AvgIpc) is 3.00. The lowest BCUT2D eigenvalue weighted by atomic mass is 10.1. The summed E-state index contributed by atoms with van der Waals surface area (Å²) in [6, 6.07) is -2.87. The SMILES string of the molecule is CCCCCC/C=C/CCCCCCCCC(C(=O)O)[N+](=O)[O-].CCCCCC/C=C\CCCCCCCCC(C(=O)O)[N+](=O)[O-]. The number of hydrogen-bond donors (Lipinski definition) is 2. The molecule has 2 unspecified atom stereocenters. The summed E-state index contributed by atoms with van der Waals surface area (Å²) in [5.41, 5.74) is 0. The summed E-state index contributed by atoms with van der Waals surface area (Å²) in [6.45, 7) is 4.45. The predicted molar refractivity (Wildman–Crippen MR) is 187 cm³/mol. The van der Waals surface area contributed by atoms with Gasteiger partial charge in [0.2, 0.25) is 0 Å². The molecular weight excluding hydrogens is 588 g/mol. The van der Waals surface area contributed by atoms with E-state index in [1.165, 1.54) is 89.9 Å². The summed E-state index contributed by atoms with van der Waals surface area (Å²) in [4.78, 5) is 41.0. The molecule has 0 saturated heterocycles. The van der Waals surface area contributed by atoms with Crippen molar-refractivity contribution in [2.75, 3.05) is 0 Å². The minimum absolute atomic E-state index is 0.142. The van der Waals surface area contributed by atoms with Crippen molar-refractivity contribution in [3.05, 3.63) is 44.5 Å². The van der Waals surface area contributed by atoms with E-state index in [1.54, 1.807) is 0 Å². The van der Waals surface area contributed by atoms with Crippen molar-refractivity contribution in [3.63, 3.8) is 0 Å². The van der Waals surface area contributed by atoms with E-state index in [0.717, 1.165) is 51.4 Å². The molecule has 0 aromatic rings. The van der Waals surface area contributed by atoms with Crippen LogP contribution in [0, 0.1) is 20.2 Å². The second-order valence-corrected chi connectivity index (χ2v) is 12.3. The van der Waals surface area contributed by atoms with Gasteiger partial charge in [-0.3, -0.25) is 20.2 Å². The summed E-state index contributed by atoms with van der Waals surface area (Å²) < 4.78 is 0. The Morgan fingerprint density at radius 2 is 0.717 bits per heavy atom. The standard InChI is InChI=1S/2C18H33NO4/c2*1-2-3-4-5-6-7-8-9-10-11-12-13-14-15-16-17(18(20)21)19(22)23/h2*7-8,17H,2-6,9-16H2,1H3,(H,20,21)/b8-7+;8-7-. The van der Waals surface area contributed by atoms with Gasteiger partial charge in [-0.25, -0.2) is 9.59 Å². The molecule has 10 nitrogen and oxygen atoms in total. The highest BCUT2D eigenvalue weighted by atomic mass is 16.6. The molecule has 0 aliphatic heterocycles. The van der Waals surface area contributed by atoms with Crippen LogP contribution in [-0.2, 0) is 9.59 Å². The van der Waals surface area contributed by atoms with E-state index in [1.807, 2.05) is 0 Å². The van der Waals surface area contributed by atoms with Crippen LogP contribution in [0.25, 0.3) is 0 Å². The quantitative estimate of drug-likeness (QED) is 0.0313. The number of carbonyl (C=O) groups is 2. The number of unbranched alkanes of at least 4 members (excludes halogenated alkanes) is 20. The van der Waals surface area contributed by atoms with Crippen LogP contribution in [0.5, 0.6) is 0 Å². The van der Waals surface area contributed by atoms with Crippen molar-refractivity contribution in [1.29, 1.82) is 0 Å². The second-order valence-electron chi connectivity index (χ2n) is 12.3. The van der Waals surface area contributed by atoms with E-state index in [4.69, 9.17) is 10.2 Å². The van der Waals surface area contributed by atoms with Crippen LogP contribution in [0.15, 0.2) is 24.3 Å². The lowest BCUT2D eigenvalue weighted by molar-refractivity contribution is -0.511. The maximum Gasteiger partial charge on any atom is 0.379 e. The van der Waals surface area contributed by atoms with E-state index in [2.05, 4.69) is 38.2 Å². The van der Waals surface area contributed by atoms with Crippen LogP contribution in [0.4, 0.5) is 0 Å². The topological polar surface area (TPSA) is 161 Å². The first-order valence-corrected chi connectivity index (χ1v) is 18.2. The summed E-state index contributed by atoms with van der Waals surface area (Å²) in [6.07, 6.45) is 36.6. The zero-order valence-electron chi connectivity index (χ0n) is 29.1. The second kappa shape index (κ2) is 35.1. The molecule has 2 N–H and O–H groups in total. The van der Waals surface area contributed by atoms with Crippen LogP contribution < -0.4 is 0 Å². The van der Waals surface area contributed by atoms with Crippen LogP contribution in [0.1, 0.15) is 181 Å². The number of carboxylic acids is 2. The summed E-state index contributed by atoms with van der Waals surface area (Å²) in [5, 5.41) is 38.4. The Bertz CT molecular complexity index is 722. The Kier molecular flexibility index (Phi) is 34.6. The van der Waals surface area contributed by atoms with Crippen molar-refractivity contribution in [2.24, 2.45) is 0 Å². The van der Waals surface area contributed by atoms with Crippen LogP contribution >= 0.6 is 0 Å². The van der Waals surface area contributed by atoms with Crippen molar-refractivity contribution in [3.8, 4) is 0 Å². The zero-order valence-corrected chi connectivity index (χ0v) is 29.1. The average molecular weight is 655 g/mol.